The maximum atomic E-state index is 6.29. The Labute approximate surface area is 335 Å². The SMILES string of the molecule is c1ccc(-c2ccccc2-c2c(-c3ccccc3)cccc2N(c2ccc(-c3ccc4c(c3)oc3ccccc34)cc2)c2ccc3c(c2)sc2ccccc23)cc1. The molecule has 0 radical (unpaired) electrons. The molecule has 11 aromatic rings. The Balaban J connectivity index is 1.13. The van der Waals surface area contributed by atoms with Gasteiger partial charge in [-0.1, -0.05) is 158 Å². The third-order valence-electron chi connectivity index (χ3n) is 11.1. The van der Waals surface area contributed by atoms with E-state index in [1.165, 1.54) is 53.6 Å². The van der Waals surface area contributed by atoms with Crippen LogP contribution in [0.4, 0.5) is 17.1 Å². The highest BCUT2D eigenvalue weighted by Crippen LogP contribution is 2.49. The number of nitrogens with zero attached hydrogens (tertiary/aromatic N) is 1. The molecule has 3 heteroatoms. The molecular formula is C54H35NOS. The number of para-hydroxylation sites is 1. The van der Waals surface area contributed by atoms with Crippen LogP contribution in [-0.2, 0) is 0 Å². The Morgan fingerprint density at radius 3 is 1.72 bits per heavy atom. The molecule has 0 spiro atoms. The van der Waals surface area contributed by atoms with Crippen LogP contribution < -0.4 is 4.90 Å². The second-order valence-electron chi connectivity index (χ2n) is 14.4. The summed E-state index contributed by atoms with van der Waals surface area (Å²) in [6, 6.07) is 76.6. The minimum absolute atomic E-state index is 0.899. The molecule has 0 aliphatic heterocycles. The smallest absolute Gasteiger partial charge is 0.136 e. The van der Waals surface area contributed by atoms with Gasteiger partial charge in [0, 0.05) is 47.9 Å². The van der Waals surface area contributed by atoms with Gasteiger partial charge in [-0.25, -0.2) is 0 Å². The fourth-order valence-electron chi connectivity index (χ4n) is 8.43. The number of thiophene rings is 1. The third kappa shape index (κ3) is 5.80. The zero-order valence-electron chi connectivity index (χ0n) is 31.0. The largest absolute Gasteiger partial charge is 0.456 e. The first-order valence-corrected chi connectivity index (χ1v) is 20.1. The average molecular weight is 746 g/mol. The maximum Gasteiger partial charge on any atom is 0.136 e. The summed E-state index contributed by atoms with van der Waals surface area (Å²) in [5.74, 6) is 0. The molecule has 0 saturated heterocycles. The lowest BCUT2D eigenvalue weighted by atomic mass is 9.87. The molecule has 0 amide bonds. The Morgan fingerprint density at radius 2 is 0.912 bits per heavy atom. The quantitative estimate of drug-likeness (QED) is 0.162. The minimum atomic E-state index is 0.899. The van der Waals surface area contributed by atoms with E-state index < -0.39 is 0 Å². The number of furan rings is 1. The number of fused-ring (bicyclic) bond motifs is 6. The molecule has 2 aromatic heterocycles. The van der Waals surface area contributed by atoms with Crippen molar-refractivity contribution in [3.63, 3.8) is 0 Å². The van der Waals surface area contributed by atoms with Gasteiger partial charge in [0.25, 0.3) is 0 Å². The van der Waals surface area contributed by atoms with Crippen molar-refractivity contribution in [2.45, 2.75) is 0 Å². The summed E-state index contributed by atoms with van der Waals surface area (Å²) in [4.78, 5) is 2.44. The standard InChI is InChI=1S/C54H35NOS/c1-3-14-37(15-4-1)42-18-7-8-21-48(42)54-43(38-16-5-2-6-17-38)22-13-23-49(54)55(41-31-33-47-46-20-10-12-25-52(46)57-53(47)35-41)40-29-26-36(27-30-40)39-28-32-45-44-19-9-11-24-50(44)56-51(45)34-39/h1-35H. The lowest BCUT2D eigenvalue weighted by molar-refractivity contribution is 0.669. The van der Waals surface area contributed by atoms with Crippen molar-refractivity contribution >= 4 is 70.5 Å². The lowest BCUT2D eigenvalue weighted by Crippen LogP contribution is -2.12. The fraction of sp³-hybridized carbons (Fsp3) is 0. The Hall–Kier alpha value is -7.20. The van der Waals surface area contributed by atoms with Crippen LogP contribution in [-0.4, -0.2) is 0 Å². The normalized spacial score (nSPS) is 11.5. The summed E-state index contributed by atoms with van der Waals surface area (Å²) in [5.41, 5.74) is 14.4. The molecule has 9 aromatic carbocycles. The van der Waals surface area contributed by atoms with E-state index in [9.17, 15) is 0 Å². The van der Waals surface area contributed by atoms with Crippen LogP contribution in [0.1, 0.15) is 0 Å². The van der Waals surface area contributed by atoms with Gasteiger partial charge < -0.3 is 9.32 Å². The maximum absolute atomic E-state index is 6.29. The molecule has 0 atom stereocenters. The third-order valence-corrected chi connectivity index (χ3v) is 12.2. The van der Waals surface area contributed by atoms with Crippen LogP contribution in [0, 0.1) is 0 Å². The van der Waals surface area contributed by atoms with Crippen molar-refractivity contribution in [3.05, 3.63) is 212 Å². The summed E-state index contributed by atoms with van der Waals surface area (Å²) in [6.45, 7) is 0. The van der Waals surface area contributed by atoms with Gasteiger partial charge in [0.2, 0.25) is 0 Å². The van der Waals surface area contributed by atoms with E-state index in [0.717, 1.165) is 50.1 Å². The Kier molecular flexibility index (Phi) is 8.04. The fourth-order valence-corrected chi connectivity index (χ4v) is 9.57. The van der Waals surface area contributed by atoms with E-state index in [1.807, 2.05) is 23.5 Å². The Morgan fingerprint density at radius 1 is 0.333 bits per heavy atom. The molecule has 268 valence electrons. The van der Waals surface area contributed by atoms with Crippen LogP contribution >= 0.6 is 11.3 Å². The van der Waals surface area contributed by atoms with E-state index in [4.69, 9.17) is 4.42 Å². The molecule has 2 heterocycles. The molecule has 0 aliphatic rings. The highest BCUT2D eigenvalue weighted by molar-refractivity contribution is 7.25. The van der Waals surface area contributed by atoms with Gasteiger partial charge in [-0.15, -0.1) is 11.3 Å². The summed E-state index contributed by atoms with van der Waals surface area (Å²) >= 11 is 1.85. The van der Waals surface area contributed by atoms with Gasteiger partial charge in [0.05, 0.1) is 5.69 Å². The molecule has 0 bridgehead atoms. The molecule has 0 fully saturated rings. The number of benzene rings is 9. The van der Waals surface area contributed by atoms with E-state index >= 15 is 0 Å². The van der Waals surface area contributed by atoms with Crippen molar-refractivity contribution in [2.75, 3.05) is 4.90 Å². The van der Waals surface area contributed by atoms with Gasteiger partial charge in [-0.05, 0) is 93.5 Å². The van der Waals surface area contributed by atoms with Gasteiger partial charge in [0.15, 0.2) is 0 Å². The minimum Gasteiger partial charge on any atom is -0.456 e. The summed E-state index contributed by atoms with van der Waals surface area (Å²) in [5, 5.41) is 4.85. The average Bonchev–Trinajstić information content (AvgIpc) is 3.85. The first-order valence-electron chi connectivity index (χ1n) is 19.3. The van der Waals surface area contributed by atoms with Crippen LogP contribution in [0.5, 0.6) is 0 Å². The van der Waals surface area contributed by atoms with Gasteiger partial charge in [-0.2, -0.15) is 0 Å². The summed E-state index contributed by atoms with van der Waals surface area (Å²) in [7, 11) is 0. The van der Waals surface area contributed by atoms with E-state index in [2.05, 4.69) is 205 Å². The number of anilines is 3. The number of hydrogen-bond acceptors (Lipinski definition) is 3. The molecule has 2 nitrogen and oxygen atoms in total. The molecule has 0 N–H and O–H groups in total. The predicted octanol–water partition coefficient (Wildman–Crippen LogP) is 16.1. The second kappa shape index (κ2) is 13.8. The highest BCUT2D eigenvalue weighted by Gasteiger charge is 2.23. The molecule has 57 heavy (non-hydrogen) atoms. The van der Waals surface area contributed by atoms with Crippen LogP contribution in [0.25, 0.3) is 86.6 Å². The summed E-state index contributed by atoms with van der Waals surface area (Å²) < 4.78 is 8.85. The molecule has 0 aliphatic carbocycles. The van der Waals surface area contributed by atoms with Gasteiger partial charge >= 0.3 is 0 Å². The molecule has 0 unspecified atom stereocenters. The van der Waals surface area contributed by atoms with Crippen molar-refractivity contribution in [2.24, 2.45) is 0 Å². The zero-order valence-corrected chi connectivity index (χ0v) is 31.8. The van der Waals surface area contributed by atoms with Gasteiger partial charge in [0.1, 0.15) is 11.2 Å². The monoisotopic (exact) mass is 745 g/mol. The highest BCUT2D eigenvalue weighted by atomic mass is 32.1. The van der Waals surface area contributed by atoms with Crippen molar-refractivity contribution in [1.82, 2.24) is 0 Å². The second-order valence-corrected chi connectivity index (χ2v) is 15.5. The van der Waals surface area contributed by atoms with E-state index in [0.29, 0.717) is 0 Å². The molecule has 0 saturated carbocycles. The van der Waals surface area contributed by atoms with Crippen molar-refractivity contribution in [3.8, 4) is 44.5 Å². The topological polar surface area (TPSA) is 16.4 Å². The number of rotatable bonds is 7. The zero-order chi connectivity index (χ0) is 37.7. The van der Waals surface area contributed by atoms with Crippen LogP contribution in [0.3, 0.4) is 0 Å². The summed E-state index contributed by atoms with van der Waals surface area (Å²) in [6.07, 6.45) is 0. The number of hydrogen-bond donors (Lipinski definition) is 0. The van der Waals surface area contributed by atoms with Crippen LogP contribution in [0.2, 0.25) is 0 Å². The Bertz CT molecular complexity index is 3230. The molecule has 11 rings (SSSR count). The molecular weight excluding hydrogens is 711 g/mol. The first-order chi connectivity index (χ1) is 28.3. The van der Waals surface area contributed by atoms with E-state index in [1.54, 1.807) is 0 Å². The van der Waals surface area contributed by atoms with Crippen molar-refractivity contribution in [1.29, 1.82) is 0 Å². The van der Waals surface area contributed by atoms with Gasteiger partial charge in [-0.3, -0.25) is 0 Å². The first kappa shape index (κ1) is 33.2. The predicted molar refractivity (Wildman–Crippen MR) is 243 cm³/mol. The van der Waals surface area contributed by atoms with Crippen LogP contribution in [0.15, 0.2) is 217 Å². The van der Waals surface area contributed by atoms with E-state index in [-0.39, 0.29) is 0 Å². The lowest BCUT2D eigenvalue weighted by Gasteiger charge is -2.30. The van der Waals surface area contributed by atoms with Crippen molar-refractivity contribution < 1.29 is 4.42 Å².